The topological polar surface area (TPSA) is 52.6 Å². The van der Waals surface area contributed by atoms with E-state index < -0.39 is 17.4 Å². The molecule has 0 fully saturated rings. The van der Waals surface area contributed by atoms with Gasteiger partial charge in [-0.15, -0.1) is 0 Å². The van der Waals surface area contributed by atoms with Crippen molar-refractivity contribution in [1.82, 2.24) is 0 Å². The lowest BCUT2D eigenvalue weighted by atomic mass is 9.76. The number of ether oxygens (including phenoxy) is 2. The normalized spacial score (nSPS) is 11.1. The van der Waals surface area contributed by atoms with E-state index in [1.165, 1.54) is 0 Å². The molecule has 0 aliphatic carbocycles. The van der Waals surface area contributed by atoms with Crippen LogP contribution in [0.3, 0.4) is 0 Å². The van der Waals surface area contributed by atoms with Crippen molar-refractivity contribution in [2.75, 3.05) is 13.2 Å². The lowest BCUT2D eigenvalue weighted by molar-refractivity contribution is -0.172. The molecule has 27 heavy (non-hydrogen) atoms. The summed E-state index contributed by atoms with van der Waals surface area (Å²) in [4.78, 5) is 26.0. The molecule has 2 aromatic carbocycles. The minimum absolute atomic E-state index is 0.195. The van der Waals surface area contributed by atoms with Crippen molar-refractivity contribution >= 4 is 43.8 Å². The fourth-order valence-corrected chi connectivity index (χ4v) is 3.40. The van der Waals surface area contributed by atoms with Gasteiger partial charge in [-0.2, -0.15) is 0 Å². The molecule has 0 aliphatic heterocycles. The number of carbonyl (C=O) groups excluding carboxylic acids is 2. The standard InChI is InChI=1S/C21H22Br2O4/c1-3-26-19(24)21(20(25)27-4-2,13-15-5-9-17(22)10-6-15)14-16-7-11-18(23)12-8-16/h5-12H,3-4,13-14H2,1-2H3. The molecular formula is C21H22Br2O4. The Balaban J connectivity index is 2.49. The van der Waals surface area contributed by atoms with Crippen LogP contribution in [0.2, 0.25) is 0 Å². The van der Waals surface area contributed by atoms with Gasteiger partial charge in [0, 0.05) is 8.95 Å². The molecule has 2 rings (SSSR count). The fourth-order valence-electron chi connectivity index (χ4n) is 2.87. The lowest BCUT2D eigenvalue weighted by Crippen LogP contribution is -2.45. The summed E-state index contributed by atoms with van der Waals surface area (Å²) >= 11 is 6.81. The van der Waals surface area contributed by atoms with Crippen LogP contribution in [0, 0.1) is 5.41 Å². The van der Waals surface area contributed by atoms with Crippen LogP contribution in [-0.4, -0.2) is 25.2 Å². The third-order valence-electron chi connectivity index (χ3n) is 4.17. The van der Waals surface area contributed by atoms with Crippen molar-refractivity contribution in [2.24, 2.45) is 5.41 Å². The van der Waals surface area contributed by atoms with E-state index in [2.05, 4.69) is 31.9 Å². The van der Waals surface area contributed by atoms with Crippen LogP contribution in [-0.2, 0) is 31.9 Å². The van der Waals surface area contributed by atoms with E-state index in [4.69, 9.17) is 9.47 Å². The summed E-state index contributed by atoms with van der Waals surface area (Å²) in [5.74, 6) is -1.12. The summed E-state index contributed by atoms with van der Waals surface area (Å²) in [7, 11) is 0. The number of hydrogen-bond donors (Lipinski definition) is 0. The summed E-state index contributed by atoms with van der Waals surface area (Å²) < 4.78 is 12.5. The molecule has 0 N–H and O–H groups in total. The Bertz CT molecular complexity index is 702. The second-order valence-corrected chi connectivity index (χ2v) is 7.96. The van der Waals surface area contributed by atoms with Gasteiger partial charge in [-0.05, 0) is 62.1 Å². The van der Waals surface area contributed by atoms with Crippen molar-refractivity contribution in [1.29, 1.82) is 0 Å². The first-order valence-electron chi connectivity index (χ1n) is 8.74. The highest BCUT2D eigenvalue weighted by molar-refractivity contribution is 9.10. The Labute approximate surface area is 176 Å². The van der Waals surface area contributed by atoms with E-state index in [1.54, 1.807) is 13.8 Å². The largest absolute Gasteiger partial charge is 0.465 e. The number of esters is 2. The van der Waals surface area contributed by atoms with E-state index in [9.17, 15) is 9.59 Å². The second-order valence-electron chi connectivity index (χ2n) is 6.13. The zero-order valence-electron chi connectivity index (χ0n) is 15.3. The summed E-state index contributed by atoms with van der Waals surface area (Å²) in [6, 6.07) is 15.1. The van der Waals surface area contributed by atoms with Crippen LogP contribution in [0.1, 0.15) is 25.0 Å². The Morgan fingerprint density at radius 3 is 1.37 bits per heavy atom. The third kappa shape index (κ3) is 5.66. The SMILES string of the molecule is CCOC(=O)C(Cc1ccc(Br)cc1)(Cc1ccc(Br)cc1)C(=O)OCC. The highest BCUT2D eigenvalue weighted by atomic mass is 79.9. The fraction of sp³-hybridized carbons (Fsp3) is 0.333. The molecule has 2 aromatic rings. The van der Waals surface area contributed by atoms with E-state index >= 15 is 0 Å². The molecule has 144 valence electrons. The molecule has 0 amide bonds. The molecule has 0 spiro atoms. The zero-order valence-corrected chi connectivity index (χ0v) is 18.5. The van der Waals surface area contributed by atoms with Crippen molar-refractivity contribution in [3.63, 3.8) is 0 Å². The van der Waals surface area contributed by atoms with E-state index in [0.717, 1.165) is 20.1 Å². The highest BCUT2D eigenvalue weighted by Gasteiger charge is 2.49. The van der Waals surface area contributed by atoms with Gasteiger partial charge in [0.05, 0.1) is 13.2 Å². The van der Waals surface area contributed by atoms with Crippen LogP contribution < -0.4 is 0 Å². The first-order valence-corrected chi connectivity index (χ1v) is 10.3. The van der Waals surface area contributed by atoms with Crippen molar-refractivity contribution in [3.8, 4) is 0 Å². The minimum Gasteiger partial charge on any atom is -0.465 e. The molecular weight excluding hydrogens is 476 g/mol. The number of benzene rings is 2. The van der Waals surface area contributed by atoms with Gasteiger partial charge in [0.1, 0.15) is 0 Å². The first-order chi connectivity index (χ1) is 12.9. The average Bonchev–Trinajstić information content (AvgIpc) is 2.65. The number of hydrogen-bond acceptors (Lipinski definition) is 4. The predicted molar refractivity (Wildman–Crippen MR) is 111 cm³/mol. The predicted octanol–water partition coefficient (Wildman–Crippen LogP) is 5.11. The summed E-state index contributed by atoms with van der Waals surface area (Å²) in [5, 5.41) is 0. The van der Waals surface area contributed by atoms with E-state index in [1.807, 2.05) is 48.5 Å². The van der Waals surface area contributed by atoms with Crippen molar-refractivity contribution in [2.45, 2.75) is 26.7 Å². The van der Waals surface area contributed by atoms with Gasteiger partial charge < -0.3 is 9.47 Å². The first kappa shape index (κ1) is 21.6. The average molecular weight is 498 g/mol. The molecule has 0 saturated heterocycles. The maximum absolute atomic E-state index is 13.0. The van der Waals surface area contributed by atoms with Gasteiger partial charge in [0.2, 0.25) is 0 Å². The number of halogens is 2. The van der Waals surface area contributed by atoms with Crippen LogP contribution in [0.5, 0.6) is 0 Å². The molecule has 0 heterocycles. The molecule has 0 aromatic heterocycles. The highest BCUT2D eigenvalue weighted by Crippen LogP contribution is 2.33. The van der Waals surface area contributed by atoms with Crippen molar-refractivity contribution in [3.05, 3.63) is 68.6 Å². The van der Waals surface area contributed by atoms with E-state index in [0.29, 0.717) is 0 Å². The molecule has 4 nitrogen and oxygen atoms in total. The molecule has 0 unspecified atom stereocenters. The summed E-state index contributed by atoms with van der Waals surface area (Å²) in [5.41, 5.74) is 0.279. The Kier molecular flexibility index (Phi) is 8.05. The monoisotopic (exact) mass is 496 g/mol. The van der Waals surface area contributed by atoms with Gasteiger partial charge in [-0.1, -0.05) is 56.1 Å². The lowest BCUT2D eigenvalue weighted by Gasteiger charge is -2.29. The quantitative estimate of drug-likeness (QED) is 0.375. The van der Waals surface area contributed by atoms with Crippen LogP contribution in [0.4, 0.5) is 0 Å². The zero-order chi connectivity index (χ0) is 19.9. The van der Waals surface area contributed by atoms with Crippen LogP contribution in [0.25, 0.3) is 0 Å². The van der Waals surface area contributed by atoms with Crippen LogP contribution in [0.15, 0.2) is 57.5 Å². The molecule has 0 aliphatic rings. The Morgan fingerprint density at radius 1 is 0.741 bits per heavy atom. The van der Waals surface area contributed by atoms with Gasteiger partial charge in [0.25, 0.3) is 0 Å². The molecule has 0 atom stereocenters. The van der Waals surface area contributed by atoms with Gasteiger partial charge in [-0.3, -0.25) is 9.59 Å². The van der Waals surface area contributed by atoms with Gasteiger partial charge >= 0.3 is 11.9 Å². The van der Waals surface area contributed by atoms with Crippen molar-refractivity contribution < 1.29 is 19.1 Å². The molecule has 0 radical (unpaired) electrons. The maximum atomic E-state index is 13.0. The Hall–Kier alpha value is -1.66. The smallest absolute Gasteiger partial charge is 0.324 e. The summed E-state index contributed by atoms with van der Waals surface area (Å²) in [6.45, 7) is 3.85. The third-order valence-corrected chi connectivity index (χ3v) is 5.23. The molecule has 0 bridgehead atoms. The summed E-state index contributed by atoms with van der Waals surface area (Å²) in [6.07, 6.45) is 0.405. The van der Waals surface area contributed by atoms with Crippen LogP contribution >= 0.6 is 31.9 Å². The number of rotatable bonds is 8. The van der Waals surface area contributed by atoms with E-state index in [-0.39, 0.29) is 26.1 Å². The minimum atomic E-state index is -1.44. The number of carbonyl (C=O) groups is 2. The molecule has 6 heteroatoms. The Morgan fingerprint density at radius 2 is 1.07 bits per heavy atom. The van der Waals surface area contributed by atoms with Gasteiger partial charge in [0.15, 0.2) is 5.41 Å². The molecule has 0 saturated carbocycles. The second kappa shape index (κ2) is 10.0. The maximum Gasteiger partial charge on any atom is 0.324 e. The van der Waals surface area contributed by atoms with Gasteiger partial charge in [-0.25, -0.2) is 0 Å².